The molecule has 0 aliphatic carbocycles. The second kappa shape index (κ2) is 15.3. The molecular formula is C32H38N2O6. The van der Waals surface area contributed by atoms with Crippen molar-refractivity contribution in [3.8, 4) is 11.5 Å². The molecule has 0 heterocycles. The van der Waals surface area contributed by atoms with Crippen molar-refractivity contribution < 1.29 is 29.0 Å². The number of anilines is 1. The van der Waals surface area contributed by atoms with Gasteiger partial charge in [0.05, 0.1) is 17.7 Å². The Morgan fingerprint density at radius 2 is 1.50 bits per heavy atom. The molecule has 0 unspecified atom stereocenters. The molecule has 1 atom stereocenters. The van der Waals surface area contributed by atoms with Crippen LogP contribution in [0.3, 0.4) is 0 Å². The molecule has 3 rings (SSSR count). The molecule has 3 aromatic rings. The molecule has 0 bridgehead atoms. The summed E-state index contributed by atoms with van der Waals surface area (Å²) in [6.07, 6.45) is 5.89. The Kier molecular flexibility index (Phi) is 11.6. The number of hydrogen-bond acceptors (Lipinski definition) is 6. The van der Waals surface area contributed by atoms with Crippen LogP contribution in [0.15, 0.2) is 72.8 Å². The standard InChI is InChI=1S/C32H38N2O6/c1-4-5-6-7-10-21-39-25-19-15-24(16-20-25)32(38)40-26-17-13-23(14-18-26)22-28(31(36)37)33-30(35)27-11-8-9-12-29(27)34(2)3/h8-9,11-20,28H,4-7,10,21-22H2,1-3H3,(H,33,35)(H,36,37)/t28-/m0/s1. The first-order chi connectivity index (χ1) is 19.3. The van der Waals surface area contributed by atoms with Crippen LogP contribution in [-0.4, -0.2) is 49.7 Å². The van der Waals surface area contributed by atoms with Crippen molar-refractivity contribution in [1.29, 1.82) is 0 Å². The van der Waals surface area contributed by atoms with Crippen LogP contribution >= 0.6 is 0 Å². The number of esters is 1. The number of para-hydroxylation sites is 1. The predicted molar refractivity (Wildman–Crippen MR) is 155 cm³/mol. The van der Waals surface area contributed by atoms with Gasteiger partial charge in [0, 0.05) is 26.2 Å². The summed E-state index contributed by atoms with van der Waals surface area (Å²) in [5, 5.41) is 12.3. The molecule has 212 valence electrons. The monoisotopic (exact) mass is 546 g/mol. The van der Waals surface area contributed by atoms with E-state index in [4.69, 9.17) is 9.47 Å². The maximum atomic E-state index is 12.8. The second-order valence-corrected chi connectivity index (χ2v) is 9.80. The van der Waals surface area contributed by atoms with Crippen LogP contribution in [0.1, 0.15) is 65.3 Å². The second-order valence-electron chi connectivity index (χ2n) is 9.80. The first kappa shape index (κ1) is 30.2. The summed E-state index contributed by atoms with van der Waals surface area (Å²) >= 11 is 0. The lowest BCUT2D eigenvalue weighted by Gasteiger charge is -2.19. The maximum absolute atomic E-state index is 12.8. The SMILES string of the molecule is CCCCCCCOc1ccc(C(=O)Oc2ccc(C[C@H](NC(=O)c3ccccc3N(C)C)C(=O)O)cc2)cc1. The molecule has 0 radical (unpaired) electrons. The van der Waals surface area contributed by atoms with Gasteiger partial charge in [0.25, 0.3) is 5.91 Å². The molecule has 0 saturated carbocycles. The Morgan fingerprint density at radius 1 is 0.850 bits per heavy atom. The van der Waals surface area contributed by atoms with E-state index in [0.717, 1.165) is 12.8 Å². The summed E-state index contributed by atoms with van der Waals surface area (Å²) in [6, 6.07) is 19.3. The van der Waals surface area contributed by atoms with Crippen molar-refractivity contribution in [2.75, 3.05) is 25.6 Å². The van der Waals surface area contributed by atoms with Crippen LogP contribution < -0.4 is 19.7 Å². The zero-order chi connectivity index (χ0) is 28.9. The number of carbonyl (C=O) groups excluding carboxylic acids is 2. The van der Waals surface area contributed by atoms with Crippen LogP contribution in [0.4, 0.5) is 5.69 Å². The summed E-state index contributed by atoms with van der Waals surface area (Å²) in [5.74, 6) is -1.08. The minimum absolute atomic E-state index is 0.0689. The lowest BCUT2D eigenvalue weighted by Crippen LogP contribution is -2.42. The highest BCUT2D eigenvalue weighted by atomic mass is 16.5. The number of nitrogens with one attached hydrogen (secondary N) is 1. The highest BCUT2D eigenvalue weighted by Gasteiger charge is 2.23. The highest BCUT2D eigenvalue weighted by molar-refractivity contribution is 6.01. The fourth-order valence-corrected chi connectivity index (χ4v) is 4.17. The number of rotatable bonds is 15. The number of amides is 1. The molecule has 0 spiro atoms. The van der Waals surface area contributed by atoms with Gasteiger partial charge in [-0.25, -0.2) is 9.59 Å². The van der Waals surface area contributed by atoms with E-state index >= 15 is 0 Å². The van der Waals surface area contributed by atoms with Crippen molar-refractivity contribution in [2.24, 2.45) is 0 Å². The molecule has 0 aromatic heterocycles. The van der Waals surface area contributed by atoms with E-state index in [0.29, 0.717) is 40.5 Å². The molecule has 3 aromatic carbocycles. The van der Waals surface area contributed by atoms with Gasteiger partial charge in [0.2, 0.25) is 0 Å². The van der Waals surface area contributed by atoms with E-state index in [2.05, 4.69) is 12.2 Å². The van der Waals surface area contributed by atoms with Crippen LogP contribution in [0.25, 0.3) is 0 Å². The summed E-state index contributed by atoms with van der Waals surface area (Å²) in [7, 11) is 3.63. The number of benzene rings is 3. The number of hydrogen-bond donors (Lipinski definition) is 2. The van der Waals surface area contributed by atoms with Gasteiger partial charge in [0.1, 0.15) is 17.5 Å². The molecule has 40 heavy (non-hydrogen) atoms. The van der Waals surface area contributed by atoms with Crippen molar-refractivity contribution in [1.82, 2.24) is 5.32 Å². The first-order valence-electron chi connectivity index (χ1n) is 13.6. The molecule has 0 fully saturated rings. The average molecular weight is 547 g/mol. The Labute approximate surface area is 235 Å². The van der Waals surface area contributed by atoms with Gasteiger partial charge >= 0.3 is 11.9 Å². The number of carboxylic acid groups (broad SMARTS) is 1. The Morgan fingerprint density at radius 3 is 2.15 bits per heavy atom. The molecule has 8 heteroatoms. The Hall–Kier alpha value is -4.33. The number of carbonyl (C=O) groups is 3. The van der Waals surface area contributed by atoms with Crippen LogP contribution in [-0.2, 0) is 11.2 Å². The van der Waals surface area contributed by atoms with Crippen molar-refractivity contribution in [3.05, 3.63) is 89.5 Å². The van der Waals surface area contributed by atoms with Crippen molar-refractivity contribution in [3.63, 3.8) is 0 Å². The third-order valence-corrected chi connectivity index (χ3v) is 6.41. The minimum Gasteiger partial charge on any atom is -0.494 e. The summed E-state index contributed by atoms with van der Waals surface area (Å²) in [5.41, 5.74) is 2.15. The summed E-state index contributed by atoms with van der Waals surface area (Å²) < 4.78 is 11.2. The lowest BCUT2D eigenvalue weighted by atomic mass is 10.0. The fourth-order valence-electron chi connectivity index (χ4n) is 4.17. The normalized spacial score (nSPS) is 11.4. The smallest absolute Gasteiger partial charge is 0.343 e. The molecular weight excluding hydrogens is 508 g/mol. The van der Waals surface area contributed by atoms with E-state index in [1.165, 1.54) is 19.3 Å². The quantitative estimate of drug-likeness (QED) is 0.142. The number of unbranched alkanes of at least 4 members (excludes halogenated alkanes) is 4. The van der Waals surface area contributed by atoms with E-state index < -0.39 is 23.9 Å². The lowest BCUT2D eigenvalue weighted by molar-refractivity contribution is -0.139. The van der Waals surface area contributed by atoms with Gasteiger partial charge in [-0.05, 0) is 60.5 Å². The van der Waals surface area contributed by atoms with E-state index in [1.54, 1.807) is 71.6 Å². The maximum Gasteiger partial charge on any atom is 0.343 e. The van der Waals surface area contributed by atoms with Crippen molar-refractivity contribution in [2.45, 2.75) is 51.5 Å². The van der Waals surface area contributed by atoms with Crippen LogP contribution in [0.5, 0.6) is 11.5 Å². The summed E-state index contributed by atoms with van der Waals surface area (Å²) in [4.78, 5) is 39.1. The van der Waals surface area contributed by atoms with Gasteiger partial charge in [-0.1, -0.05) is 56.9 Å². The number of ether oxygens (including phenoxy) is 2. The van der Waals surface area contributed by atoms with Crippen molar-refractivity contribution >= 4 is 23.5 Å². The molecule has 0 aliphatic heterocycles. The number of carboxylic acids is 1. The molecule has 2 N–H and O–H groups in total. The van der Waals surface area contributed by atoms with E-state index in [9.17, 15) is 19.5 Å². The molecule has 0 saturated heterocycles. The summed E-state index contributed by atoms with van der Waals surface area (Å²) in [6.45, 7) is 2.84. The van der Waals surface area contributed by atoms with E-state index in [-0.39, 0.29) is 6.42 Å². The third kappa shape index (κ3) is 9.15. The van der Waals surface area contributed by atoms with Gasteiger partial charge in [-0.15, -0.1) is 0 Å². The number of nitrogens with zero attached hydrogens (tertiary/aromatic N) is 1. The van der Waals surface area contributed by atoms with Gasteiger partial charge in [-0.3, -0.25) is 4.79 Å². The largest absolute Gasteiger partial charge is 0.494 e. The molecule has 1 amide bonds. The zero-order valence-corrected chi connectivity index (χ0v) is 23.4. The van der Waals surface area contributed by atoms with Gasteiger partial charge in [-0.2, -0.15) is 0 Å². The van der Waals surface area contributed by atoms with E-state index in [1.807, 2.05) is 20.2 Å². The molecule has 8 nitrogen and oxygen atoms in total. The third-order valence-electron chi connectivity index (χ3n) is 6.41. The predicted octanol–water partition coefficient (Wildman–Crippen LogP) is 5.75. The molecule has 0 aliphatic rings. The van der Waals surface area contributed by atoms with Gasteiger partial charge < -0.3 is 24.8 Å². The average Bonchev–Trinajstić information content (AvgIpc) is 2.95. The minimum atomic E-state index is -1.14. The first-order valence-corrected chi connectivity index (χ1v) is 13.6. The zero-order valence-electron chi connectivity index (χ0n) is 23.4. The van der Waals surface area contributed by atoms with Crippen LogP contribution in [0, 0.1) is 0 Å². The highest BCUT2D eigenvalue weighted by Crippen LogP contribution is 2.20. The fraction of sp³-hybridized carbons (Fsp3) is 0.344. The Balaban J connectivity index is 1.53. The van der Waals surface area contributed by atoms with Gasteiger partial charge in [0.15, 0.2) is 0 Å². The Bertz CT molecular complexity index is 1260. The number of aliphatic carboxylic acids is 1. The topological polar surface area (TPSA) is 105 Å². The van der Waals surface area contributed by atoms with Crippen LogP contribution in [0.2, 0.25) is 0 Å².